The smallest absolute Gasteiger partial charge is 0.344 e. The zero-order chi connectivity index (χ0) is 12.0. The van der Waals surface area contributed by atoms with E-state index in [2.05, 4.69) is 4.74 Å². The molecule has 0 bridgehead atoms. The number of ether oxygens (including phenoxy) is 2. The number of hydrogen-bond acceptors (Lipinski definition) is 4. The summed E-state index contributed by atoms with van der Waals surface area (Å²) in [6.07, 6.45) is -1.79. The van der Waals surface area contributed by atoms with Crippen molar-refractivity contribution in [2.24, 2.45) is 0 Å². The van der Waals surface area contributed by atoms with Crippen molar-refractivity contribution in [3.8, 4) is 0 Å². The Bertz CT molecular complexity index is 331. The molecule has 0 aliphatic carbocycles. The van der Waals surface area contributed by atoms with Crippen molar-refractivity contribution < 1.29 is 18.7 Å². The van der Waals surface area contributed by atoms with Crippen LogP contribution in [-0.2, 0) is 14.3 Å². The summed E-state index contributed by atoms with van der Waals surface area (Å²) in [4.78, 5) is 11.8. The Morgan fingerprint density at radius 3 is 2.44 bits per heavy atom. The first-order chi connectivity index (χ1) is 7.69. The third-order valence-electron chi connectivity index (χ3n) is 1.89. The average molecular weight is 244 g/mol. The maximum atomic E-state index is 13.5. The first-order valence-electron chi connectivity index (χ1n) is 4.65. The fourth-order valence-electron chi connectivity index (χ4n) is 1.08. The highest BCUT2D eigenvalue weighted by molar-refractivity contribution is 7.99. The van der Waals surface area contributed by atoms with Gasteiger partial charge in [0.25, 0.3) is 0 Å². The monoisotopic (exact) mass is 244 g/mol. The number of thioether (sulfide) groups is 1. The Labute approximate surface area is 97.9 Å². The van der Waals surface area contributed by atoms with Crippen LogP contribution in [0.5, 0.6) is 0 Å². The predicted octanol–water partition coefficient (Wildman–Crippen LogP) is 2.26. The number of alkyl halides is 1. The second-order valence-electron chi connectivity index (χ2n) is 2.96. The molecule has 16 heavy (non-hydrogen) atoms. The third kappa shape index (κ3) is 3.50. The summed E-state index contributed by atoms with van der Waals surface area (Å²) < 4.78 is 22.8. The molecule has 0 heterocycles. The van der Waals surface area contributed by atoms with Gasteiger partial charge in [-0.05, 0) is 12.1 Å². The van der Waals surface area contributed by atoms with Gasteiger partial charge in [-0.15, -0.1) is 0 Å². The molecule has 0 unspecified atom stereocenters. The highest BCUT2D eigenvalue weighted by atomic mass is 32.2. The van der Waals surface area contributed by atoms with Gasteiger partial charge in [-0.1, -0.05) is 30.0 Å². The van der Waals surface area contributed by atoms with Crippen molar-refractivity contribution in [1.82, 2.24) is 0 Å². The highest BCUT2D eigenvalue weighted by Gasteiger charge is 2.29. The first kappa shape index (κ1) is 13.0. The number of carbonyl (C=O) groups is 1. The molecule has 0 aliphatic heterocycles. The van der Waals surface area contributed by atoms with Crippen LogP contribution in [0.2, 0.25) is 0 Å². The Kier molecular flexibility index (Phi) is 5.28. The molecular formula is C11H13FO3S. The normalized spacial score (nSPS) is 14.2. The minimum atomic E-state index is -1.79. The SMILES string of the molecule is COC(=O)[C@H](F)[C@H](OC)Sc1ccccc1. The van der Waals surface area contributed by atoms with Crippen LogP contribution < -0.4 is 0 Å². The first-order valence-corrected chi connectivity index (χ1v) is 5.53. The lowest BCUT2D eigenvalue weighted by molar-refractivity contribution is -0.149. The van der Waals surface area contributed by atoms with Crippen molar-refractivity contribution in [3.63, 3.8) is 0 Å². The van der Waals surface area contributed by atoms with Crippen molar-refractivity contribution in [2.45, 2.75) is 16.5 Å². The van der Waals surface area contributed by atoms with E-state index in [1.165, 1.54) is 7.11 Å². The summed E-state index contributed by atoms with van der Waals surface area (Å²) in [6, 6.07) is 9.17. The van der Waals surface area contributed by atoms with E-state index in [1.807, 2.05) is 30.3 Å². The molecule has 5 heteroatoms. The second-order valence-corrected chi connectivity index (χ2v) is 4.13. The van der Waals surface area contributed by atoms with E-state index in [-0.39, 0.29) is 0 Å². The number of methoxy groups -OCH3 is 2. The van der Waals surface area contributed by atoms with Crippen LogP contribution in [0.15, 0.2) is 35.2 Å². The molecule has 0 spiro atoms. The molecule has 0 saturated carbocycles. The largest absolute Gasteiger partial charge is 0.467 e. The average Bonchev–Trinajstić information content (AvgIpc) is 2.35. The molecule has 0 aliphatic rings. The number of carbonyl (C=O) groups excluding carboxylic acids is 1. The van der Waals surface area contributed by atoms with Crippen LogP contribution in [0, 0.1) is 0 Å². The molecule has 3 nitrogen and oxygen atoms in total. The zero-order valence-electron chi connectivity index (χ0n) is 9.05. The van der Waals surface area contributed by atoms with E-state index in [9.17, 15) is 9.18 Å². The third-order valence-corrected chi connectivity index (χ3v) is 3.10. The molecule has 1 aromatic carbocycles. The van der Waals surface area contributed by atoms with Gasteiger partial charge in [0.2, 0.25) is 6.17 Å². The highest BCUT2D eigenvalue weighted by Crippen LogP contribution is 2.27. The summed E-state index contributed by atoms with van der Waals surface area (Å²) in [5.41, 5.74) is -0.894. The maximum absolute atomic E-state index is 13.5. The van der Waals surface area contributed by atoms with Gasteiger partial charge in [-0.2, -0.15) is 0 Å². The fraction of sp³-hybridized carbons (Fsp3) is 0.364. The number of hydrogen-bond donors (Lipinski definition) is 0. The van der Waals surface area contributed by atoms with Gasteiger partial charge in [0.1, 0.15) is 5.44 Å². The summed E-state index contributed by atoms with van der Waals surface area (Å²) >= 11 is 1.14. The van der Waals surface area contributed by atoms with Gasteiger partial charge >= 0.3 is 5.97 Å². The predicted molar refractivity (Wildman–Crippen MR) is 60.0 cm³/mol. The van der Waals surface area contributed by atoms with Gasteiger partial charge in [0, 0.05) is 12.0 Å². The molecule has 0 saturated heterocycles. The maximum Gasteiger partial charge on any atom is 0.344 e. The Morgan fingerprint density at radius 2 is 1.94 bits per heavy atom. The lowest BCUT2D eigenvalue weighted by atomic mass is 10.4. The summed E-state index contributed by atoms with van der Waals surface area (Å²) in [7, 11) is 2.50. The molecule has 1 rings (SSSR count). The Morgan fingerprint density at radius 1 is 1.31 bits per heavy atom. The van der Waals surface area contributed by atoms with E-state index in [0.29, 0.717) is 0 Å². The van der Waals surface area contributed by atoms with E-state index < -0.39 is 17.6 Å². The fourth-order valence-corrected chi connectivity index (χ4v) is 1.99. The van der Waals surface area contributed by atoms with Gasteiger partial charge < -0.3 is 9.47 Å². The molecule has 2 atom stereocenters. The summed E-state index contributed by atoms with van der Waals surface area (Å²) in [6.45, 7) is 0. The van der Waals surface area contributed by atoms with E-state index in [0.717, 1.165) is 23.8 Å². The van der Waals surface area contributed by atoms with Crippen molar-refractivity contribution in [2.75, 3.05) is 14.2 Å². The number of esters is 1. The molecule has 0 N–H and O–H groups in total. The molecule has 0 fully saturated rings. The van der Waals surface area contributed by atoms with Crippen LogP contribution in [0.1, 0.15) is 0 Å². The second kappa shape index (κ2) is 6.50. The lowest BCUT2D eigenvalue weighted by Gasteiger charge is -2.17. The lowest BCUT2D eigenvalue weighted by Crippen LogP contribution is -2.30. The zero-order valence-corrected chi connectivity index (χ0v) is 9.87. The Hall–Kier alpha value is -1.07. The van der Waals surface area contributed by atoms with Crippen molar-refractivity contribution in [1.29, 1.82) is 0 Å². The van der Waals surface area contributed by atoms with Gasteiger partial charge in [-0.3, -0.25) is 0 Å². The standard InChI is InChI=1S/C11H13FO3S/c1-14-10(13)9(12)11(15-2)16-8-6-4-3-5-7-8/h3-7,9,11H,1-2H3/t9-,11+/m0/s1. The van der Waals surface area contributed by atoms with Gasteiger partial charge in [0.05, 0.1) is 7.11 Å². The minimum absolute atomic E-state index is 0.834. The topological polar surface area (TPSA) is 35.5 Å². The van der Waals surface area contributed by atoms with E-state index in [1.54, 1.807) is 0 Å². The molecule has 0 radical (unpaired) electrons. The van der Waals surface area contributed by atoms with E-state index in [4.69, 9.17) is 4.74 Å². The Balaban J connectivity index is 2.65. The summed E-state index contributed by atoms with van der Waals surface area (Å²) in [5.74, 6) is -0.921. The molecule has 1 aromatic rings. The molecule has 0 aromatic heterocycles. The van der Waals surface area contributed by atoms with E-state index >= 15 is 0 Å². The van der Waals surface area contributed by atoms with Crippen LogP contribution in [0.4, 0.5) is 4.39 Å². The van der Waals surface area contributed by atoms with Crippen molar-refractivity contribution >= 4 is 17.7 Å². The van der Waals surface area contributed by atoms with Crippen molar-refractivity contribution in [3.05, 3.63) is 30.3 Å². The quantitative estimate of drug-likeness (QED) is 0.452. The van der Waals surface area contributed by atoms with Crippen LogP contribution in [-0.4, -0.2) is 31.8 Å². The number of benzene rings is 1. The molecule has 88 valence electrons. The van der Waals surface area contributed by atoms with Gasteiger partial charge in [0.15, 0.2) is 0 Å². The molecular weight excluding hydrogens is 231 g/mol. The van der Waals surface area contributed by atoms with Crippen LogP contribution >= 0.6 is 11.8 Å². The van der Waals surface area contributed by atoms with Crippen LogP contribution in [0.25, 0.3) is 0 Å². The minimum Gasteiger partial charge on any atom is -0.467 e. The molecule has 0 amide bonds. The summed E-state index contributed by atoms with van der Waals surface area (Å²) in [5, 5.41) is 0. The van der Waals surface area contributed by atoms with Gasteiger partial charge in [-0.25, -0.2) is 9.18 Å². The number of rotatable bonds is 5. The number of halogens is 1. The van der Waals surface area contributed by atoms with Crippen LogP contribution in [0.3, 0.4) is 0 Å².